The maximum atomic E-state index is 14.2. The maximum absolute atomic E-state index is 14.2. The molecule has 2 fully saturated rings. The number of ether oxygens (including phenoxy) is 1. The molecule has 2 aromatic heterocycles. The van der Waals surface area contributed by atoms with E-state index < -0.39 is 35.8 Å². The fourth-order valence-corrected chi connectivity index (χ4v) is 7.38. The number of alkyl carbamates (subject to hydrolysis) is 1. The van der Waals surface area contributed by atoms with Gasteiger partial charge in [-0.3, -0.25) is 14.4 Å². The number of carboxylic acids is 1. The van der Waals surface area contributed by atoms with Crippen molar-refractivity contribution >= 4 is 35.5 Å². The van der Waals surface area contributed by atoms with Gasteiger partial charge in [-0.05, 0) is 132 Å². The number of aliphatic carboxylic acids is 1. The number of carboxylic acid groups (broad SMARTS) is 1. The lowest BCUT2D eigenvalue weighted by Gasteiger charge is -2.32. The lowest BCUT2D eigenvalue weighted by molar-refractivity contribution is -0.192. The summed E-state index contributed by atoms with van der Waals surface area (Å²) in [6.07, 6.45) is -1.85. The van der Waals surface area contributed by atoms with Gasteiger partial charge in [-0.15, -0.1) is 10.2 Å². The number of pyridine rings is 1. The summed E-state index contributed by atoms with van der Waals surface area (Å²) in [5.41, 5.74) is 10.8. The number of aromatic amines is 1. The number of halogens is 3. The molecule has 0 bridgehead atoms. The molecule has 4 amide bonds. The molecule has 1 saturated heterocycles. The van der Waals surface area contributed by atoms with Gasteiger partial charge in [0.25, 0.3) is 11.8 Å². The van der Waals surface area contributed by atoms with Crippen LogP contribution in [0.4, 0.5) is 23.7 Å². The lowest BCUT2D eigenvalue weighted by atomic mass is 9.81. The monoisotopic (exact) mass is 878 g/mol. The van der Waals surface area contributed by atoms with Crippen molar-refractivity contribution in [2.75, 3.05) is 31.6 Å². The Morgan fingerprint density at radius 2 is 1.59 bits per heavy atom. The van der Waals surface area contributed by atoms with Crippen molar-refractivity contribution in [3.63, 3.8) is 0 Å². The van der Waals surface area contributed by atoms with Crippen molar-refractivity contribution in [2.24, 2.45) is 17.6 Å². The third kappa shape index (κ3) is 13.6. The smallest absolute Gasteiger partial charge is 0.475 e. The molecule has 6 N–H and O–H groups in total. The normalized spacial score (nSPS) is 18.3. The van der Waals surface area contributed by atoms with E-state index >= 15 is 0 Å². The first-order valence-electron chi connectivity index (χ1n) is 20.5. The highest BCUT2D eigenvalue weighted by molar-refractivity contribution is 6.17. The van der Waals surface area contributed by atoms with Gasteiger partial charge in [0, 0.05) is 41.9 Å². The largest absolute Gasteiger partial charge is 0.490 e. The van der Waals surface area contributed by atoms with E-state index in [2.05, 4.69) is 41.1 Å². The summed E-state index contributed by atoms with van der Waals surface area (Å²) in [4.78, 5) is 70.4. The van der Waals surface area contributed by atoms with Gasteiger partial charge in [-0.25, -0.2) is 19.5 Å². The molecule has 4 aromatic rings. The van der Waals surface area contributed by atoms with Gasteiger partial charge >= 0.3 is 18.2 Å². The van der Waals surface area contributed by atoms with Gasteiger partial charge < -0.3 is 31.1 Å². The molecule has 20 heteroatoms. The minimum atomic E-state index is -5.08. The van der Waals surface area contributed by atoms with Crippen LogP contribution in [0.3, 0.4) is 0 Å². The Kier molecular flexibility index (Phi) is 15.7. The average Bonchev–Trinajstić information content (AvgIpc) is 3.92. The third-order valence-corrected chi connectivity index (χ3v) is 10.6. The molecule has 0 radical (unpaired) electrons. The van der Waals surface area contributed by atoms with E-state index in [1.54, 1.807) is 30.3 Å². The molecule has 17 nitrogen and oxygen atoms in total. The fourth-order valence-electron chi connectivity index (χ4n) is 7.38. The zero-order chi connectivity index (χ0) is 46.1. The molecular formula is C43H53F3N10O7. The highest BCUT2D eigenvalue weighted by atomic mass is 19.4. The molecule has 1 aliphatic heterocycles. The zero-order valence-electron chi connectivity index (χ0n) is 35.7. The molecule has 3 heterocycles. The number of imide groups is 1. The number of likely N-dealkylation sites (N-methyl/N-ethyl adjacent to an activating group) is 1. The van der Waals surface area contributed by atoms with Gasteiger partial charge in [0.2, 0.25) is 11.7 Å². The molecule has 2 aromatic carbocycles. The number of likely N-dealkylation sites (tertiary alicyclic amines) is 1. The number of aryl methyl sites for hydroxylation is 1. The van der Waals surface area contributed by atoms with Crippen molar-refractivity contribution in [1.82, 2.24) is 41.1 Å². The van der Waals surface area contributed by atoms with E-state index in [0.717, 1.165) is 41.9 Å². The Hall–Kier alpha value is -6.28. The maximum Gasteiger partial charge on any atom is 0.490 e. The second kappa shape index (κ2) is 20.7. The number of nitrogens with zero attached hydrogens (tertiary/aromatic N) is 6. The molecule has 2 aliphatic rings. The Labute approximate surface area is 362 Å². The first-order chi connectivity index (χ1) is 29.7. The Morgan fingerprint density at radius 3 is 2.13 bits per heavy atom. The third-order valence-electron chi connectivity index (χ3n) is 10.6. The number of H-pyrrole nitrogens is 1. The number of hydrogen-bond acceptors (Lipinski definition) is 12. The number of aromatic nitrogens is 5. The summed E-state index contributed by atoms with van der Waals surface area (Å²) in [5, 5.41) is 27.1. The van der Waals surface area contributed by atoms with Crippen LogP contribution in [0.25, 0.3) is 22.5 Å². The zero-order valence-corrected chi connectivity index (χ0v) is 35.7. The van der Waals surface area contributed by atoms with Gasteiger partial charge in [0.15, 0.2) is 0 Å². The van der Waals surface area contributed by atoms with Crippen LogP contribution in [0.5, 0.6) is 0 Å². The van der Waals surface area contributed by atoms with Crippen LogP contribution in [0.1, 0.15) is 74.6 Å². The molecule has 63 heavy (non-hydrogen) atoms. The topological polar surface area (TPSA) is 239 Å². The van der Waals surface area contributed by atoms with E-state index in [0.29, 0.717) is 55.0 Å². The predicted molar refractivity (Wildman–Crippen MR) is 225 cm³/mol. The summed E-state index contributed by atoms with van der Waals surface area (Å²) < 4.78 is 37.1. The molecular weight excluding hydrogens is 826 g/mol. The minimum absolute atomic E-state index is 0.120. The quantitative estimate of drug-likeness (QED) is 0.133. The van der Waals surface area contributed by atoms with Crippen LogP contribution in [0.15, 0.2) is 60.7 Å². The molecule has 0 unspecified atom stereocenters. The number of tetrazole rings is 1. The second-order valence-corrected chi connectivity index (χ2v) is 16.8. The first kappa shape index (κ1) is 47.8. The number of hydrogen-bond donors (Lipinski definition) is 5. The number of anilines is 1. The molecule has 6 rings (SSSR count). The highest BCUT2D eigenvalue weighted by Crippen LogP contribution is 2.32. The van der Waals surface area contributed by atoms with E-state index in [1.165, 1.54) is 4.90 Å². The molecule has 338 valence electrons. The summed E-state index contributed by atoms with van der Waals surface area (Å²) in [7, 11) is 2.04. The summed E-state index contributed by atoms with van der Waals surface area (Å²) >= 11 is 0. The molecule has 0 spiro atoms. The van der Waals surface area contributed by atoms with Crippen LogP contribution in [0.2, 0.25) is 0 Å². The lowest BCUT2D eigenvalue weighted by Crippen LogP contribution is -2.50. The minimum Gasteiger partial charge on any atom is -0.475 e. The van der Waals surface area contributed by atoms with Gasteiger partial charge in [0.1, 0.15) is 11.3 Å². The van der Waals surface area contributed by atoms with Crippen LogP contribution < -0.4 is 21.3 Å². The standard InChI is InChI=1S/C41H52N10O5.C2HF3O2/c1-25-33(18-19-35(44-25)37(52)45-31-20-21-50(5)24-31)28-10-6-26(7-11-28)22-34(42)39(54)51(32-16-14-29(15-17-32)36-46-48-49-47-36)38(53)30-12-8-27(9-13-30)23-43-40(55)56-41(2,3)4;3-2(4,5)1(6)7/h6-7,10-11,14-19,27,30-31,34H,8-9,12-13,20-24,42H2,1-5H3,(H,43,55)(H,45,52)(H,46,47,48,49);(H,6,7)/t27?,30?,31-,34+;/m1./s1. The summed E-state index contributed by atoms with van der Waals surface area (Å²) in [6, 6.07) is 17.3. The van der Waals surface area contributed by atoms with Crippen molar-refractivity contribution < 1.29 is 47.0 Å². The number of carbonyl (C=O) groups excluding carboxylic acids is 4. The Bertz CT molecular complexity index is 2210. The number of nitrogens with two attached hydrogens (primary N) is 1. The number of amides is 4. The highest BCUT2D eigenvalue weighted by Gasteiger charge is 2.38. The Morgan fingerprint density at radius 1 is 0.952 bits per heavy atom. The summed E-state index contributed by atoms with van der Waals surface area (Å²) in [5.74, 6) is -3.55. The van der Waals surface area contributed by atoms with E-state index in [-0.39, 0.29) is 36.1 Å². The van der Waals surface area contributed by atoms with Crippen LogP contribution in [-0.4, -0.2) is 116 Å². The van der Waals surface area contributed by atoms with E-state index in [1.807, 2.05) is 65.1 Å². The number of rotatable bonds is 11. The van der Waals surface area contributed by atoms with Crippen molar-refractivity contribution in [3.8, 4) is 22.5 Å². The van der Waals surface area contributed by atoms with Gasteiger partial charge in [-0.2, -0.15) is 18.4 Å². The first-order valence-corrected chi connectivity index (χ1v) is 20.5. The molecule has 1 aliphatic carbocycles. The molecule has 2 atom stereocenters. The SMILES string of the molecule is Cc1nc(C(=O)N[C@@H]2CCN(C)C2)ccc1-c1ccc(C[C@H](N)C(=O)N(C(=O)C2CCC(CNC(=O)OC(C)(C)C)CC2)c2ccc(-c3nn[nH]n3)cc2)cc1.O=C(O)C(F)(F)F. The van der Waals surface area contributed by atoms with Crippen molar-refractivity contribution in [2.45, 2.75) is 90.1 Å². The van der Waals surface area contributed by atoms with Crippen molar-refractivity contribution in [3.05, 3.63) is 77.6 Å². The number of nitrogens with one attached hydrogen (secondary N) is 3. The van der Waals surface area contributed by atoms with Crippen LogP contribution >= 0.6 is 0 Å². The van der Waals surface area contributed by atoms with Crippen LogP contribution in [0, 0.1) is 18.8 Å². The number of benzene rings is 2. The fraction of sp³-hybridized carbons (Fsp3) is 0.465. The van der Waals surface area contributed by atoms with Crippen LogP contribution in [-0.2, 0) is 25.5 Å². The second-order valence-electron chi connectivity index (χ2n) is 16.8. The van der Waals surface area contributed by atoms with Crippen molar-refractivity contribution in [1.29, 1.82) is 0 Å². The van der Waals surface area contributed by atoms with Gasteiger partial charge in [0.05, 0.1) is 11.7 Å². The number of alkyl halides is 3. The predicted octanol–water partition coefficient (Wildman–Crippen LogP) is 5.07. The van der Waals surface area contributed by atoms with E-state index in [9.17, 15) is 32.3 Å². The van der Waals surface area contributed by atoms with Gasteiger partial charge in [-0.1, -0.05) is 30.3 Å². The Balaban J connectivity index is 0.000000985. The average molecular weight is 879 g/mol. The molecule has 1 saturated carbocycles. The summed E-state index contributed by atoms with van der Waals surface area (Å²) in [6.45, 7) is 9.57. The number of carbonyl (C=O) groups is 5. The van der Waals surface area contributed by atoms with E-state index in [4.69, 9.17) is 20.4 Å².